The Labute approximate surface area is 283 Å². The number of ether oxygens (including phenoxy) is 1. The topological polar surface area (TPSA) is 9.23 Å². The van der Waals surface area contributed by atoms with E-state index in [1.807, 2.05) is 0 Å². The van der Waals surface area contributed by atoms with Crippen molar-refractivity contribution in [1.82, 2.24) is 0 Å². The highest BCUT2D eigenvalue weighted by molar-refractivity contribution is 9.09. The molecule has 0 N–H and O–H groups in total. The molecule has 0 saturated heterocycles. The maximum absolute atomic E-state index is 6.22. The fourth-order valence-electron chi connectivity index (χ4n) is 6.20. The molecule has 4 aromatic rings. The summed E-state index contributed by atoms with van der Waals surface area (Å²) in [6, 6.07) is 37.0. The monoisotopic (exact) mass is 666 g/mol. The predicted octanol–water partition coefficient (Wildman–Crippen LogP) is 12.3. The molecule has 0 saturated carbocycles. The second-order valence-corrected chi connectivity index (χ2v) is 16.5. The van der Waals surface area contributed by atoms with Crippen LogP contribution in [0.5, 0.6) is 5.75 Å². The lowest BCUT2D eigenvalue weighted by Crippen LogP contribution is -2.31. The second kappa shape index (κ2) is 14.3. The van der Waals surface area contributed by atoms with Crippen LogP contribution in [0.25, 0.3) is 0 Å². The minimum Gasteiger partial charge on any atom is -0.494 e. The summed E-state index contributed by atoms with van der Waals surface area (Å²) >= 11 is 3.53. The van der Waals surface area contributed by atoms with Gasteiger partial charge in [0.1, 0.15) is 5.75 Å². The zero-order chi connectivity index (χ0) is 32.9. The molecule has 0 heterocycles. The molecule has 1 nitrogen and oxygen atoms in total. The highest BCUT2D eigenvalue weighted by Crippen LogP contribution is 2.47. The fourth-order valence-corrected chi connectivity index (χ4v) is 6.60. The lowest BCUT2D eigenvalue weighted by Gasteiger charge is -2.38. The first kappa shape index (κ1) is 35.0. The van der Waals surface area contributed by atoms with Crippen LogP contribution in [0.3, 0.4) is 0 Å². The number of halogens is 1. The van der Waals surface area contributed by atoms with Gasteiger partial charge in [-0.1, -0.05) is 176 Å². The van der Waals surface area contributed by atoms with Crippen LogP contribution < -0.4 is 4.74 Å². The Bertz CT molecular complexity index is 1330. The van der Waals surface area contributed by atoms with Crippen molar-refractivity contribution in [2.75, 3.05) is 11.9 Å². The van der Waals surface area contributed by atoms with Gasteiger partial charge in [-0.05, 0) is 80.2 Å². The molecule has 0 unspecified atom stereocenters. The molecule has 0 aliphatic heterocycles. The highest BCUT2D eigenvalue weighted by Gasteiger charge is 2.39. The summed E-state index contributed by atoms with van der Waals surface area (Å²) in [4.78, 5) is 0. The van der Waals surface area contributed by atoms with Gasteiger partial charge in [0, 0.05) is 5.33 Å². The van der Waals surface area contributed by atoms with Gasteiger partial charge in [0.15, 0.2) is 0 Å². The third-order valence-corrected chi connectivity index (χ3v) is 9.70. The van der Waals surface area contributed by atoms with E-state index in [4.69, 9.17) is 4.74 Å². The van der Waals surface area contributed by atoms with Crippen LogP contribution in [-0.4, -0.2) is 11.9 Å². The first-order valence-corrected chi connectivity index (χ1v) is 17.9. The van der Waals surface area contributed by atoms with Crippen LogP contribution in [0.4, 0.5) is 0 Å². The van der Waals surface area contributed by atoms with Gasteiger partial charge in [-0.3, -0.25) is 0 Å². The van der Waals surface area contributed by atoms with Crippen LogP contribution in [-0.2, 0) is 21.7 Å². The van der Waals surface area contributed by atoms with Crippen LogP contribution in [0.2, 0.25) is 0 Å². The number of unbranched alkanes of at least 4 members (excludes halogenated alkanes) is 3. The van der Waals surface area contributed by atoms with Gasteiger partial charge in [-0.2, -0.15) is 0 Å². The van der Waals surface area contributed by atoms with Crippen molar-refractivity contribution in [2.45, 2.75) is 110 Å². The molecule has 0 aliphatic rings. The summed E-state index contributed by atoms with van der Waals surface area (Å²) in [6.45, 7) is 21.3. The van der Waals surface area contributed by atoms with Crippen molar-refractivity contribution < 1.29 is 4.74 Å². The smallest absolute Gasteiger partial charge is 0.119 e. The van der Waals surface area contributed by atoms with Crippen molar-refractivity contribution in [3.8, 4) is 5.75 Å². The van der Waals surface area contributed by atoms with E-state index >= 15 is 0 Å². The minimum atomic E-state index is -0.503. The molecular formula is C43H55BrO. The number of benzene rings is 4. The van der Waals surface area contributed by atoms with Crippen LogP contribution in [0, 0.1) is 0 Å². The van der Waals surface area contributed by atoms with E-state index in [9.17, 15) is 0 Å². The highest BCUT2D eigenvalue weighted by atomic mass is 79.9. The number of alkyl halides is 1. The van der Waals surface area contributed by atoms with Gasteiger partial charge >= 0.3 is 0 Å². The number of hydrogen-bond acceptors (Lipinski definition) is 1. The Balaban J connectivity index is 1.90. The van der Waals surface area contributed by atoms with Crippen LogP contribution in [0.1, 0.15) is 127 Å². The van der Waals surface area contributed by atoms with Gasteiger partial charge < -0.3 is 4.74 Å². The zero-order valence-electron chi connectivity index (χ0n) is 29.3. The summed E-state index contributed by atoms with van der Waals surface area (Å²) in [7, 11) is 0. The maximum atomic E-state index is 6.22. The third-order valence-electron chi connectivity index (χ3n) is 9.14. The minimum absolute atomic E-state index is 0.0805. The van der Waals surface area contributed by atoms with E-state index in [-0.39, 0.29) is 16.2 Å². The number of hydrogen-bond donors (Lipinski definition) is 0. The Morgan fingerprint density at radius 1 is 0.400 bits per heavy atom. The molecule has 0 fully saturated rings. The van der Waals surface area contributed by atoms with E-state index in [1.165, 1.54) is 58.2 Å². The maximum Gasteiger partial charge on any atom is 0.119 e. The molecule has 0 aromatic heterocycles. The van der Waals surface area contributed by atoms with Crippen LogP contribution >= 0.6 is 15.9 Å². The standard InChI is InChI=1S/C43H55BrO/c1-40(2,3)32-14-20-35(21-15-32)43(36-22-16-33(17-23-36)41(4,5)6,37-24-18-34(19-25-37)42(7,8)9)38-26-28-39(29-27-38)45-31-13-11-10-12-30-44/h14-29H,10-13,30-31H2,1-9H3. The van der Waals surface area contributed by atoms with Gasteiger partial charge in [-0.25, -0.2) is 0 Å². The molecule has 4 rings (SSSR count). The molecular weight excluding hydrogens is 612 g/mol. The van der Waals surface area contributed by atoms with E-state index < -0.39 is 5.41 Å². The summed E-state index contributed by atoms with van der Waals surface area (Å²) < 4.78 is 6.22. The summed E-state index contributed by atoms with van der Waals surface area (Å²) in [5.74, 6) is 0.933. The summed E-state index contributed by atoms with van der Waals surface area (Å²) in [6.07, 6.45) is 4.75. The number of rotatable bonds is 11. The normalized spacial score (nSPS) is 12.8. The van der Waals surface area contributed by atoms with Crippen molar-refractivity contribution >= 4 is 15.9 Å². The molecule has 0 bridgehead atoms. The third kappa shape index (κ3) is 8.31. The molecule has 0 amide bonds. The van der Waals surface area contributed by atoms with Crippen molar-refractivity contribution in [2.24, 2.45) is 0 Å². The summed E-state index contributed by atoms with van der Waals surface area (Å²) in [5, 5.41) is 1.08. The van der Waals surface area contributed by atoms with Gasteiger partial charge in [0.05, 0.1) is 12.0 Å². The molecule has 0 spiro atoms. The average Bonchev–Trinajstić information content (AvgIpc) is 2.99. The average molecular weight is 668 g/mol. The largest absolute Gasteiger partial charge is 0.494 e. The molecule has 2 heteroatoms. The van der Waals surface area contributed by atoms with E-state index in [0.29, 0.717) is 0 Å². The van der Waals surface area contributed by atoms with Gasteiger partial charge in [0.25, 0.3) is 0 Å². The Hall–Kier alpha value is -2.84. The van der Waals surface area contributed by atoms with Crippen molar-refractivity contribution in [3.63, 3.8) is 0 Å². The molecule has 0 atom stereocenters. The lowest BCUT2D eigenvalue weighted by molar-refractivity contribution is 0.305. The quantitative estimate of drug-likeness (QED) is 0.0879. The van der Waals surface area contributed by atoms with E-state index in [1.54, 1.807) is 0 Å². The lowest BCUT2D eigenvalue weighted by atomic mass is 9.64. The molecule has 0 radical (unpaired) electrons. The van der Waals surface area contributed by atoms with Crippen molar-refractivity contribution in [3.05, 3.63) is 136 Å². The Morgan fingerprint density at radius 2 is 0.689 bits per heavy atom. The first-order chi connectivity index (χ1) is 21.2. The summed E-state index contributed by atoms with van der Waals surface area (Å²) in [5.41, 5.74) is 8.79. The Kier molecular flexibility index (Phi) is 11.1. The van der Waals surface area contributed by atoms with Crippen molar-refractivity contribution in [1.29, 1.82) is 0 Å². The second-order valence-electron chi connectivity index (χ2n) is 15.7. The molecule has 240 valence electrons. The Morgan fingerprint density at radius 3 is 1.00 bits per heavy atom. The fraction of sp³-hybridized carbons (Fsp3) is 0.442. The molecule has 4 aromatic carbocycles. The predicted molar refractivity (Wildman–Crippen MR) is 199 cm³/mol. The van der Waals surface area contributed by atoms with E-state index in [0.717, 1.165) is 24.1 Å². The van der Waals surface area contributed by atoms with E-state index in [2.05, 4.69) is 175 Å². The van der Waals surface area contributed by atoms with Crippen LogP contribution in [0.15, 0.2) is 97.1 Å². The SMILES string of the molecule is CC(C)(C)c1ccc(C(c2ccc(OCCCCCCBr)cc2)(c2ccc(C(C)(C)C)cc2)c2ccc(C(C)(C)C)cc2)cc1. The molecule has 0 aliphatic carbocycles. The molecule has 45 heavy (non-hydrogen) atoms. The first-order valence-electron chi connectivity index (χ1n) is 16.8. The van der Waals surface area contributed by atoms with Gasteiger partial charge in [0.2, 0.25) is 0 Å². The zero-order valence-corrected chi connectivity index (χ0v) is 30.9. The van der Waals surface area contributed by atoms with Gasteiger partial charge in [-0.15, -0.1) is 0 Å².